The van der Waals surface area contributed by atoms with Gasteiger partial charge in [-0.3, -0.25) is 19.5 Å². The summed E-state index contributed by atoms with van der Waals surface area (Å²) in [7, 11) is 0.746. The summed E-state index contributed by atoms with van der Waals surface area (Å²) < 4.78 is 59.0. The van der Waals surface area contributed by atoms with Crippen LogP contribution in [0, 0.1) is 15.9 Å². The molecule has 0 saturated carbocycles. The van der Waals surface area contributed by atoms with Gasteiger partial charge in [-0.05, 0) is 6.07 Å². The molecule has 0 unspecified atom stereocenters. The molecule has 30 heavy (non-hydrogen) atoms. The van der Waals surface area contributed by atoms with E-state index in [0.29, 0.717) is 12.1 Å². The van der Waals surface area contributed by atoms with Crippen molar-refractivity contribution in [3.05, 3.63) is 85.1 Å². The molecule has 0 saturated heterocycles. The smallest absolute Gasteiger partial charge is 0.431 e. The Labute approximate surface area is 163 Å². The monoisotopic (exact) mass is 426 g/mol. The summed E-state index contributed by atoms with van der Waals surface area (Å²) in [6.07, 6.45) is -3.70. The van der Waals surface area contributed by atoms with Crippen molar-refractivity contribution in [3.63, 3.8) is 0 Å². The molecule has 0 radical (unpaired) electrons. The molecular formula is C17H10F4N4O5. The van der Waals surface area contributed by atoms with E-state index in [1.165, 1.54) is 24.4 Å². The molecule has 0 aliphatic heterocycles. The summed E-state index contributed by atoms with van der Waals surface area (Å²) in [4.78, 5) is 38.6. The summed E-state index contributed by atoms with van der Waals surface area (Å²) in [6, 6.07) is 5.52. The number of nitrogens with zero attached hydrogens (tertiary/aromatic N) is 4. The lowest BCUT2D eigenvalue weighted by Gasteiger charge is -2.15. The maximum Gasteiger partial charge on any atom is 0.431 e. The molecule has 156 valence electrons. The lowest BCUT2D eigenvalue weighted by atomic mass is 10.2. The number of ether oxygens (including phenoxy) is 1. The number of hydrogen-bond acceptors (Lipinski definition) is 6. The highest BCUT2D eigenvalue weighted by Gasteiger charge is 2.35. The minimum atomic E-state index is -5.01. The lowest BCUT2D eigenvalue weighted by Crippen LogP contribution is -2.41. The van der Waals surface area contributed by atoms with E-state index in [1.54, 1.807) is 0 Å². The van der Waals surface area contributed by atoms with Crippen LogP contribution in [0.1, 0.15) is 5.69 Å². The van der Waals surface area contributed by atoms with Gasteiger partial charge in [0.05, 0.1) is 16.7 Å². The van der Waals surface area contributed by atoms with Crippen molar-refractivity contribution < 1.29 is 27.2 Å². The van der Waals surface area contributed by atoms with Crippen LogP contribution in [-0.4, -0.2) is 19.0 Å². The quantitative estimate of drug-likeness (QED) is 0.361. The molecule has 1 aromatic carbocycles. The second kappa shape index (κ2) is 7.42. The Morgan fingerprint density at radius 1 is 1.17 bits per heavy atom. The molecule has 9 nitrogen and oxygen atoms in total. The van der Waals surface area contributed by atoms with Gasteiger partial charge < -0.3 is 4.74 Å². The largest absolute Gasteiger partial charge is 0.432 e. The molecule has 2 heterocycles. The second-order valence-corrected chi connectivity index (χ2v) is 5.84. The fraction of sp³-hybridized carbons (Fsp3) is 0.118. The number of halogens is 4. The van der Waals surface area contributed by atoms with Crippen LogP contribution >= 0.6 is 0 Å². The highest BCUT2D eigenvalue weighted by molar-refractivity contribution is 5.55. The highest BCUT2D eigenvalue weighted by atomic mass is 19.4. The van der Waals surface area contributed by atoms with Crippen molar-refractivity contribution in [1.82, 2.24) is 14.1 Å². The Morgan fingerprint density at radius 3 is 2.43 bits per heavy atom. The Kier molecular flexibility index (Phi) is 5.12. The number of nitro benzene ring substituents is 1. The molecule has 0 bridgehead atoms. The number of rotatable bonds is 4. The molecular weight excluding hydrogens is 416 g/mol. The third-order valence-corrected chi connectivity index (χ3v) is 3.93. The first kappa shape index (κ1) is 20.7. The van der Waals surface area contributed by atoms with E-state index in [4.69, 9.17) is 4.74 Å². The molecule has 13 heteroatoms. The molecule has 0 N–H and O–H groups in total. The van der Waals surface area contributed by atoms with E-state index in [0.717, 1.165) is 7.05 Å². The van der Waals surface area contributed by atoms with Gasteiger partial charge in [0.15, 0.2) is 5.82 Å². The molecule has 0 atom stereocenters. The Morgan fingerprint density at radius 2 is 1.87 bits per heavy atom. The van der Waals surface area contributed by atoms with Gasteiger partial charge in [0, 0.05) is 31.4 Å². The average Bonchev–Trinajstić information content (AvgIpc) is 2.66. The fourth-order valence-corrected chi connectivity index (χ4v) is 2.57. The van der Waals surface area contributed by atoms with E-state index in [1.807, 2.05) is 0 Å². The highest BCUT2D eigenvalue weighted by Crippen LogP contribution is 2.34. The van der Waals surface area contributed by atoms with Crippen LogP contribution in [-0.2, 0) is 13.2 Å². The van der Waals surface area contributed by atoms with Crippen molar-refractivity contribution in [3.8, 4) is 17.3 Å². The molecule has 0 aliphatic rings. The standard InChI is InChI=1S/C17H10F4N4O5/c1-23-13(17(19,20)21)8-15(26)24(16(23)27)10-7-12(11(25(28)29)6-9(10)18)30-14-4-2-3-5-22-14/h2-8H,1H3. The minimum absolute atomic E-state index is 0.111. The van der Waals surface area contributed by atoms with Crippen LogP contribution < -0.4 is 16.0 Å². The van der Waals surface area contributed by atoms with Crippen LogP contribution in [0.5, 0.6) is 11.6 Å². The van der Waals surface area contributed by atoms with Crippen molar-refractivity contribution in [2.24, 2.45) is 7.05 Å². The third kappa shape index (κ3) is 3.76. The van der Waals surface area contributed by atoms with Crippen molar-refractivity contribution >= 4 is 5.69 Å². The Balaban J connectivity index is 2.26. The van der Waals surface area contributed by atoms with Crippen LogP contribution in [0.3, 0.4) is 0 Å². The normalized spacial score (nSPS) is 11.4. The summed E-state index contributed by atoms with van der Waals surface area (Å²) in [5.41, 5.74) is -6.21. The molecule has 3 rings (SSSR count). The van der Waals surface area contributed by atoms with Gasteiger partial charge in [-0.2, -0.15) is 13.2 Å². The molecule has 0 aliphatic carbocycles. The first-order valence-electron chi connectivity index (χ1n) is 7.98. The summed E-state index contributed by atoms with van der Waals surface area (Å²) >= 11 is 0. The van der Waals surface area contributed by atoms with Gasteiger partial charge >= 0.3 is 17.6 Å². The van der Waals surface area contributed by atoms with Crippen LogP contribution in [0.2, 0.25) is 0 Å². The van der Waals surface area contributed by atoms with E-state index in [-0.39, 0.29) is 21.1 Å². The second-order valence-electron chi connectivity index (χ2n) is 5.84. The van der Waals surface area contributed by atoms with Crippen molar-refractivity contribution in [2.45, 2.75) is 6.18 Å². The number of alkyl halides is 3. The lowest BCUT2D eigenvalue weighted by molar-refractivity contribution is -0.385. The fourth-order valence-electron chi connectivity index (χ4n) is 2.57. The van der Waals surface area contributed by atoms with Crippen molar-refractivity contribution in [2.75, 3.05) is 0 Å². The molecule has 0 spiro atoms. The van der Waals surface area contributed by atoms with Gasteiger partial charge in [0.25, 0.3) is 5.56 Å². The Hall–Kier alpha value is -4.03. The number of nitro groups is 1. The maximum absolute atomic E-state index is 14.5. The van der Waals surface area contributed by atoms with Crippen molar-refractivity contribution in [1.29, 1.82) is 0 Å². The number of aromatic nitrogens is 3. The van der Waals surface area contributed by atoms with Gasteiger partial charge in [0.1, 0.15) is 5.69 Å². The van der Waals surface area contributed by atoms with Crippen LogP contribution in [0.4, 0.5) is 23.2 Å². The topological polar surface area (TPSA) is 109 Å². The molecule has 3 aromatic rings. The molecule has 0 fully saturated rings. The third-order valence-electron chi connectivity index (χ3n) is 3.93. The van der Waals surface area contributed by atoms with Gasteiger partial charge in [-0.1, -0.05) is 6.07 Å². The van der Waals surface area contributed by atoms with E-state index >= 15 is 0 Å². The van der Waals surface area contributed by atoms with E-state index in [9.17, 15) is 37.3 Å². The summed E-state index contributed by atoms with van der Waals surface area (Å²) in [6.45, 7) is 0. The van der Waals surface area contributed by atoms with Gasteiger partial charge in [0.2, 0.25) is 11.6 Å². The van der Waals surface area contributed by atoms with Gasteiger partial charge in [-0.25, -0.2) is 18.7 Å². The number of benzene rings is 1. The van der Waals surface area contributed by atoms with Crippen LogP contribution in [0.15, 0.2) is 52.2 Å². The zero-order chi connectivity index (χ0) is 22.2. The van der Waals surface area contributed by atoms with Gasteiger partial charge in [-0.15, -0.1) is 0 Å². The summed E-state index contributed by atoms with van der Waals surface area (Å²) in [5.74, 6) is -2.09. The maximum atomic E-state index is 14.5. The molecule has 2 aromatic heterocycles. The predicted molar refractivity (Wildman–Crippen MR) is 93.2 cm³/mol. The zero-order valence-corrected chi connectivity index (χ0v) is 14.9. The van der Waals surface area contributed by atoms with Crippen LogP contribution in [0.25, 0.3) is 5.69 Å². The predicted octanol–water partition coefficient (Wildman–Crippen LogP) is 2.79. The SMILES string of the molecule is Cn1c(C(F)(F)F)cc(=O)n(-c2cc(Oc3ccccn3)c([N+](=O)[O-])cc2F)c1=O. The first-order chi connectivity index (χ1) is 14.0. The minimum Gasteiger partial charge on any atom is -0.432 e. The molecule has 0 amide bonds. The first-order valence-corrected chi connectivity index (χ1v) is 7.98. The average molecular weight is 426 g/mol. The van der Waals surface area contributed by atoms with E-state index in [2.05, 4.69) is 4.98 Å². The van der Waals surface area contributed by atoms with E-state index < -0.39 is 51.0 Å². The summed E-state index contributed by atoms with van der Waals surface area (Å²) in [5, 5.41) is 11.2. The number of pyridine rings is 1. The zero-order valence-electron chi connectivity index (χ0n) is 14.9. The number of hydrogen-bond donors (Lipinski definition) is 0. The Bertz CT molecular complexity index is 1250.